The predicted molar refractivity (Wildman–Crippen MR) is 81.0 cm³/mol. The summed E-state index contributed by atoms with van der Waals surface area (Å²) in [5.41, 5.74) is 3.99. The Morgan fingerprint density at radius 2 is 2.05 bits per heavy atom. The van der Waals surface area contributed by atoms with Crippen LogP contribution in [-0.4, -0.2) is 14.9 Å². The molecule has 1 N–H and O–H groups in total. The van der Waals surface area contributed by atoms with Gasteiger partial charge < -0.3 is 9.73 Å². The van der Waals surface area contributed by atoms with Crippen LogP contribution in [-0.2, 0) is 0 Å². The summed E-state index contributed by atoms with van der Waals surface area (Å²) in [6.45, 7) is 8.49. The number of nitrogens with zero attached hydrogens (tertiary/aromatic N) is 2. The first kappa shape index (κ1) is 12.8. The van der Waals surface area contributed by atoms with Crippen molar-refractivity contribution in [3.05, 3.63) is 42.5 Å². The molecule has 0 spiro atoms. The normalized spacial score (nSPS) is 12.0. The van der Waals surface area contributed by atoms with Crippen molar-refractivity contribution < 1.29 is 4.42 Å². The van der Waals surface area contributed by atoms with Crippen molar-refractivity contribution in [2.24, 2.45) is 0 Å². The van der Waals surface area contributed by atoms with E-state index in [9.17, 15) is 0 Å². The second-order valence-corrected chi connectivity index (χ2v) is 6.13. The standard InChI is InChI=1S/C16H19N3O/c1-11-5-7-19-13(9-11)17-14(12-6-8-20-10-12)15(19)18-16(2,3)4/h5-10,18H,1-4H3. The summed E-state index contributed by atoms with van der Waals surface area (Å²) in [6.07, 6.45) is 5.45. The molecule has 104 valence electrons. The minimum atomic E-state index is -0.0423. The van der Waals surface area contributed by atoms with Crippen LogP contribution >= 0.6 is 0 Å². The van der Waals surface area contributed by atoms with Crippen LogP contribution in [0.25, 0.3) is 16.9 Å². The van der Waals surface area contributed by atoms with Crippen molar-refractivity contribution in [3.63, 3.8) is 0 Å². The topological polar surface area (TPSA) is 42.5 Å². The van der Waals surface area contributed by atoms with Crippen LogP contribution in [0.5, 0.6) is 0 Å². The molecule has 0 aromatic carbocycles. The lowest BCUT2D eigenvalue weighted by molar-refractivity contribution is 0.568. The fourth-order valence-electron chi connectivity index (χ4n) is 2.22. The van der Waals surface area contributed by atoms with Gasteiger partial charge in [-0.05, 0) is 51.5 Å². The van der Waals surface area contributed by atoms with Crippen molar-refractivity contribution >= 4 is 11.5 Å². The molecule has 0 aliphatic heterocycles. The maximum atomic E-state index is 5.20. The second-order valence-electron chi connectivity index (χ2n) is 6.13. The highest BCUT2D eigenvalue weighted by Gasteiger charge is 2.19. The molecule has 0 unspecified atom stereocenters. The zero-order valence-electron chi connectivity index (χ0n) is 12.3. The summed E-state index contributed by atoms with van der Waals surface area (Å²) in [6, 6.07) is 6.10. The quantitative estimate of drug-likeness (QED) is 0.761. The van der Waals surface area contributed by atoms with Gasteiger partial charge in [0.15, 0.2) is 0 Å². The minimum absolute atomic E-state index is 0.0423. The molecule has 3 rings (SSSR count). The van der Waals surface area contributed by atoms with Crippen LogP contribution in [0, 0.1) is 6.92 Å². The Hall–Kier alpha value is -2.23. The van der Waals surface area contributed by atoms with E-state index in [4.69, 9.17) is 9.40 Å². The summed E-state index contributed by atoms with van der Waals surface area (Å²) in [7, 11) is 0. The van der Waals surface area contributed by atoms with Gasteiger partial charge in [-0.25, -0.2) is 4.98 Å². The number of imidazole rings is 1. The van der Waals surface area contributed by atoms with E-state index in [2.05, 4.69) is 55.7 Å². The van der Waals surface area contributed by atoms with Crippen molar-refractivity contribution in [3.8, 4) is 11.3 Å². The molecule has 3 aromatic rings. The zero-order chi connectivity index (χ0) is 14.3. The van der Waals surface area contributed by atoms with E-state index in [-0.39, 0.29) is 5.54 Å². The Kier molecular flexibility index (Phi) is 2.82. The number of aromatic nitrogens is 2. The number of furan rings is 1. The van der Waals surface area contributed by atoms with Gasteiger partial charge in [0.25, 0.3) is 0 Å². The predicted octanol–water partition coefficient (Wildman–Crippen LogP) is 4.11. The van der Waals surface area contributed by atoms with Gasteiger partial charge in [0, 0.05) is 17.3 Å². The first-order valence-corrected chi connectivity index (χ1v) is 6.73. The molecular formula is C16H19N3O. The van der Waals surface area contributed by atoms with Crippen LogP contribution in [0.2, 0.25) is 0 Å². The third-order valence-corrected chi connectivity index (χ3v) is 3.07. The fourth-order valence-corrected chi connectivity index (χ4v) is 2.22. The fraction of sp³-hybridized carbons (Fsp3) is 0.312. The summed E-state index contributed by atoms with van der Waals surface area (Å²) in [4.78, 5) is 4.74. The first-order chi connectivity index (χ1) is 9.44. The number of hydrogen-bond acceptors (Lipinski definition) is 3. The van der Waals surface area contributed by atoms with Crippen LogP contribution in [0.4, 0.5) is 5.82 Å². The van der Waals surface area contributed by atoms with E-state index >= 15 is 0 Å². The molecular weight excluding hydrogens is 250 g/mol. The van der Waals surface area contributed by atoms with E-state index in [1.54, 1.807) is 12.5 Å². The molecule has 0 aliphatic rings. The van der Waals surface area contributed by atoms with E-state index in [1.165, 1.54) is 5.56 Å². The van der Waals surface area contributed by atoms with E-state index < -0.39 is 0 Å². The van der Waals surface area contributed by atoms with Gasteiger partial charge >= 0.3 is 0 Å². The summed E-state index contributed by atoms with van der Waals surface area (Å²) >= 11 is 0. The SMILES string of the molecule is Cc1ccn2c(NC(C)(C)C)c(-c3ccoc3)nc2c1. The first-order valence-electron chi connectivity index (χ1n) is 6.73. The molecule has 3 aromatic heterocycles. The number of nitrogens with one attached hydrogen (secondary N) is 1. The third kappa shape index (κ3) is 2.29. The van der Waals surface area contributed by atoms with Gasteiger partial charge in [-0.15, -0.1) is 0 Å². The van der Waals surface area contributed by atoms with Gasteiger partial charge in [0.1, 0.15) is 17.2 Å². The molecule has 0 atom stereocenters. The van der Waals surface area contributed by atoms with Crippen LogP contribution in [0.1, 0.15) is 26.3 Å². The number of fused-ring (bicyclic) bond motifs is 1. The highest BCUT2D eigenvalue weighted by atomic mass is 16.3. The van der Waals surface area contributed by atoms with Crippen molar-refractivity contribution in [1.82, 2.24) is 9.38 Å². The zero-order valence-corrected chi connectivity index (χ0v) is 12.3. The van der Waals surface area contributed by atoms with Crippen molar-refractivity contribution in [1.29, 1.82) is 0 Å². The Balaban J connectivity index is 2.24. The van der Waals surface area contributed by atoms with Crippen molar-refractivity contribution in [2.75, 3.05) is 5.32 Å². The van der Waals surface area contributed by atoms with Crippen molar-refractivity contribution in [2.45, 2.75) is 33.2 Å². The number of anilines is 1. The summed E-state index contributed by atoms with van der Waals surface area (Å²) in [5.74, 6) is 0.994. The highest BCUT2D eigenvalue weighted by molar-refractivity contribution is 5.76. The molecule has 0 radical (unpaired) electrons. The molecule has 4 nitrogen and oxygen atoms in total. The lowest BCUT2D eigenvalue weighted by Gasteiger charge is -2.22. The molecule has 0 saturated heterocycles. The monoisotopic (exact) mass is 269 g/mol. The average molecular weight is 269 g/mol. The van der Waals surface area contributed by atoms with E-state index in [0.29, 0.717) is 0 Å². The molecule has 3 heterocycles. The molecule has 20 heavy (non-hydrogen) atoms. The molecule has 0 amide bonds. The number of pyridine rings is 1. The van der Waals surface area contributed by atoms with Crippen LogP contribution in [0.15, 0.2) is 41.3 Å². The smallest absolute Gasteiger partial charge is 0.139 e. The summed E-state index contributed by atoms with van der Waals surface area (Å²) < 4.78 is 7.28. The minimum Gasteiger partial charge on any atom is -0.472 e. The number of rotatable bonds is 2. The lowest BCUT2D eigenvalue weighted by atomic mass is 10.1. The largest absolute Gasteiger partial charge is 0.472 e. The molecule has 0 bridgehead atoms. The van der Waals surface area contributed by atoms with Gasteiger partial charge in [0.2, 0.25) is 0 Å². The maximum Gasteiger partial charge on any atom is 0.139 e. The van der Waals surface area contributed by atoms with E-state index in [1.807, 2.05) is 6.07 Å². The average Bonchev–Trinajstić information content (AvgIpc) is 2.95. The molecule has 0 saturated carbocycles. The lowest BCUT2D eigenvalue weighted by Crippen LogP contribution is -2.27. The van der Waals surface area contributed by atoms with Gasteiger partial charge in [-0.2, -0.15) is 0 Å². The highest BCUT2D eigenvalue weighted by Crippen LogP contribution is 2.31. The Morgan fingerprint density at radius 3 is 2.70 bits per heavy atom. The van der Waals surface area contributed by atoms with Gasteiger partial charge in [0.05, 0.1) is 12.5 Å². The third-order valence-electron chi connectivity index (χ3n) is 3.07. The van der Waals surface area contributed by atoms with E-state index in [0.717, 1.165) is 22.7 Å². The maximum absolute atomic E-state index is 5.20. The Morgan fingerprint density at radius 1 is 1.25 bits per heavy atom. The number of hydrogen-bond donors (Lipinski definition) is 1. The Bertz CT molecular complexity index is 733. The Labute approximate surface area is 118 Å². The second kappa shape index (κ2) is 4.40. The number of aryl methyl sites for hydroxylation is 1. The van der Waals surface area contributed by atoms with Crippen LogP contribution < -0.4 is 5.32 Å². The molecule has 4 heteroatoms. The van der Waals surface area contributed by atoms with Crippen LogP contribution in [0.3, 0.4) is 0 Å². The molecule has 0 aliphatic carbocycles. The van der Waals surface area contributed by atoms with Gasteiger partial charge in [-0.3, -0.25) is 4.40 Å². The van der Waals surface area contributed by atoms with Gasteiger partial charge in [-0.1, -0.05) is 0 Å². The molecule has 0 fully saturated rings. The summed E-state index contributed by atoms with van der Waals surface area (Å²) in [5, 5.41) is 3.54.